The molecule has 1 aliphatic carbocycles. The smallest absolute Gasteiger partial charge is 0.122 e. The monoisotopic (exact) mass is 315 g/mol. The minimum atomic E-state index is -0.151. The Bertz CT molecular complexity index is 633. The number of nitrogens with zero attached hydrogens (tertiary/aromatic N) is 3. The predicted octanol–water partition coefficient (Wildman–Crippen LogP) is 2.43. The van der Waals surface area contributed by atoms with Crippen molar-refractivity contribution < 1.29 is 10.2 Å². The van der Waals surface area contributed by atoms with Crippen LogP contribution in [0.4, 0.5) is 0 Å². The third kappa shape index (κ3) is 4.12. The lowest BCUT2D eigenvalue weighted by Crippen LogP contribution is -2.38. The zero-order valence-corrected chi connectivity index (χ0v) is 13.6. The van der Waals surface area contributed by atoms with E-state index in [0.717, 1.165) is 50.2 Å². The van der Waals surface area contributed by atoms with Gasteiger partial charge >= 0.3 is 0 Å². The number of aromatic nitrogens is 2. The fraction of sp³-hybridized carbons (Fsp3) is 0.500. The molecule has 1 saturated carbocycles. The van der Waals surface area contributed by atoms with Crippen molar-refractivity contribution in [3.8, 4) is 5.75 Å². The van der Waals surface area contributed by atoms with Gasteiger partial charge in [0, 0.05) is 32.0 Å². The number of phenolic OH excluding ortho intramolecular Hbond substituents is 1. The largest absolute Gasteiger partial charge is 0.508 e. The minimum Gasteiger partial charge on any atom is -0.508 e. The molecule has 5 nitrogen and oxygen atoms in total. The molecule has 3 rings (SSSR count). The number of aromatic hydroxyl groups is 1. The van der Waals surface area contributed by atoms with Gasteiger partial charge in [0.15, 0.2) is 0 Å². The SMILES string of the molecule is Cn1ccnc1CN(Cc1cccc(O)c1)C1CCC(O)CC1. The van der Waals surface area contributed by atoms with E-state index in [2.05, 4.69) is 9.88 Å². The van der Waals surface area contributed by atoms with Crippen molar-refractivity contribution in [2.45, 2.75) is 50.9 Å². The number of aryl methyl sites for hydroxylation is 1. The number of hydrogen-bond donors (Lipinski definition) is 2. The van der Waals surface area contributed by atoms with Gasteiger partial charge in [0.1, 0.15) is 11.6 Å². The topological polar surface area (TPSA) is 61.5 Å². The first-order chi connectivity index (χ1) is 11.1. The molecule has 0 atom stereocenters. The van der Waals surface area contributed by atoms with Crippen LogP contribution in [0.1, 0.15) is 37.1 Å². The maximum absolute atomic E-state index is 9.77. The highest BCUT2D eigenvalue weighted by molar-refractivity contribution is 5.27. The van der Waals surface area contributed by atoms with E-state index >= 15 is 0 Å². The van der Waals surface area contributed by atoms with Crippen LogP contribution in [-0.4, -0.2) is 36.8 Å². The van der Waals surface area contributed by atoms with Crippen LogP contribution in [0.25, 0.3) is 0 Å². The number of rotatable bonds is 5. The first-order valence-corrected chi connectivity index (χ1v) is 8.28. The van der Waals surface area contributed by atoms with Gasteiger partial charge in [-0.1, -0.05) is 12.1 Å². The molecule has 1 aromatic heterocycles. The Hall–Kier alpha value is -1.85. The van der Waals surface area contributed by atoms with Crippen LogP contribution in [0.5, 0.6) is 5.75 Å². The second-order valence-electron chi connectivity index (χ2n) is 6.49. The van der Waals surface area contributed by atoms with Gasteiger partial charge in [-0.3, -0.25) is 4.90 Å². The molecule has 1 aliphatic rings. The fourth-order valence-corrected chi connectivity index (χ4v) is 3.36. The van der Waals surface area contributed by atoms with E-state index in [4.69, 9.17) is 0 Å². The van der Waals surface area contributed by atoms with E-state index in [1.807, 2.05) is 42.2 Å². The van der Waals surface area contributed by atoms with Crippen LogP contribution in [-0.2, 0) is 20.1 Å². The van der Waals surface area contributed by atoms with Gasteiger partial charge in [0.25, 0.3) is 0 Å². The summed E-state index contributed by atoms with van der Waals surface area (Å²) in [6, 6.07) is 7.89. The molecule has 0 bridgehead atoms. The molecule has 0 aliphatic heterocycles. The van der Waals surface area contributed by atoms with Gasteiger partial charge in [0.05, 0.1) is 12.6 Å². The highest BCUT2D eigenvalue weighted by Gasteiger charge is 2.26. The van der Waals surface area contributed by atoms with Gasteiger partial charge < -0.3 is 14.8 Å². The highest BCUT2D eigenvalue weighted by Crippen LogP contribution is 2.26. The molecule has 1 aromatic carbocycles. The van der Waals surface area contributed by atoms with Crippen molar-refractivity contribution in [1.29, 1.82) is 0 Å². The molecule has 23 heavy (non-hydrogen) atoms. The molecule has 1 heterocycles. The average molecular weight is 315 g/mol. The average Bonchev–Trinajstić information content (AvgIpc) is 2.93. The predicted molar refractivity (Wildman–Crippen MR) is 88.8 cm³/mol. The molecule has 0 amide bonds. The van der Waals surface area contributed by atoms with Crippen LogP contribution in [0.2, 0.25) is 0 Å². The van der Waals surface area contributed by atoms with Crippen molar-refractivity contribution in [2.75, 3.05) is 0 Å². The Labute approximate surface area is 137 Å². The summed E-state index contributed by atoms with van der Waals surface area (Å²) < 4.78 is 2.05. The molecule has 2 N–H and O–H groups in total. The van der Waals surface area contributed by atoms with Crippen molar-refractivity contribution in [1.82, 2.24) is 14.5 Å². The van der Waals surface area contributed by atoms with Crippen LogP contribution >= 0.6 is 0 Å². The third-order valence-corrected chi connectivity index (χ3v) is 4.74. The summed E-state index contributed by atoms with van der Waals surface area (Å²) in [5.74, 6) is 1.34. The van der Waals surface area contributed by atoms with E-state index in [-0.39, 0.29) is 6.10 Å². The Morgan fingerprint density at radius 1 is 1.22 bits per heavy atom. The van der Waals surface area contributed by atoms with Gasteiger partial charge in [0.2, 0.25) is 0 Å². The standard InChI is InChI=1S/C18H25N3O2/c1-20-10-9-19-18(20)13-21(15-5-7-16(22)8-6-15)12-14-3-2-4-17(23)11-14/h2-4,9-11,15-16,22-23H,5-8,12-13H2,1H3. The van der Waals surface area contributed by atoms with Crippen LogP contribution in [0, 0.1) is 0 Å². The molecule has 2 aromatic rings. The summed E-state index contributed by atoms with van der Waals surface area (Å²) >= 11 is 0. The van der Waals surface area contributed by atoms with Gasteiger partial charge in [-0.2, -0.15) is 0 Å². The third-order valence-electron chi connectivity index (χ3n) is 4.74. The lowest BCUT2D eigenvalue weighted by atomic mass is 9.91. The Morgan fingerprint density at radius 2 is 2.00 bits per heavy atom. The van der Waals surface area contributed by atoms with Gasteiger partial charge in [-0.25, -0.2) is 4.98 Å². The first-order valence-electron chi connectivity index (χ1n) is 8.28. The van der Waals surface area contributed by atoms with Crippen molar-refractivity contribution in [2.24, 2.45) is 7.05 Å². The van der Waals surface area contributed by atoms with Crippen LogP contribution in [0.3, 0.4) is 0 Å². The van der Waals surface area contributed by atoms with E-state index in [1.165, 1.54) is 0 Å². The lowest BCUT2D eigenvalue weighted by molar-refractivity contribution is 0.0649. The van der Waals surface area contributed by atoms with Crippen molar-refractivity contribution >= 4 is 0 Å². The second kappa shape index (κ2) is 7.15. The maximum atomic E-state index is 9.77. The number of phenols is 1. The van der Waals surface area contributed by atoms with E-state index < -0.39 is 0 Å². The van der Waals surface area contributed by atoms with E-state index in [9.17, 15) is 10.2 Å². The summed E-state index contributed by atoms with van der Waals surface area (Å²) in [5.41, 5.74) is 1.10. The molecule has 1 fully saturated rings. The summed E-state index contributed by atoms with van der Waals surface area (Å²) in [4.78, 5) is 6.87. The summed E-state index contributed by atoms with van der Waals surface area (Å²) in [7, 11) is 2.01. The highest BCUT2D eigenvalue weighted by atomic mass is 16.3. The Morgan fingerprint density at radius 3 is 2.65 bits per heavy atom. The molecular formula is C18H25N3O2. The lowest BCUT2D eigenvalue weighted by Gasteiger charge is -2.35. The van der Waals surface area contributed by atoms with Crippen LogP contribution < -0.4 is 0 Å². The molecule has 0 unspecified atom stereocenters. The van der Waals surface area contributed by atoms with Gasteiger partial charge in [-0.05, 0) is 43.4 Å². The molecule has 0 radical (unpaired) electrons. The number of aliphatic hydroxyl groups is 1. The summed E-state index contributed by atoms with van der Waals surface area (Å²) in [6.07, 6.45) is 7.37. The molecule has 0 spiro atoms. The molecule has 5 heteroatoms. The molecule has 124 valence electrons. The van der Waals surface area contributed by atoms with Crippen LogP contribution in [0.15, 0.2) is 36.7 Å². The zero-order chi connectivity index (χ0) is 16.2. The van der Waals surface area contributed by atoms with E-state index in [1.54, 1.807) is 6.07 Å². The number of benzene rings is 1. The quantitative estimate of drug-likeness (QED) is 0.889. The minimum absolute atomic E-state index is 0.151. The normalized spacial score (nSPS) is 21.7. The fourth-order valence-electron chi connectivity index (χ4n) is 3.36. The maximum Gasteiger partial charge on any atom is 0.122 e. The molecule has 0 saturated heterocycles. The summed E-state index contributed by atoms with van der Waals surface area (Å²) in [6.45, 7) is 1.56. The Balaban J connectivity index is 1.76. The Kier molecular flexibility index (Phi) is 4.98. The second-order valence-corrected chi connectivity index (χ2v) is 6.49. The zero-order valence-electron chi connectivity index (χ0n) is 13.6. The number of imidazole rings is 1. The number of hydrogen-bond acceptors (Lipinski definition) is 4. The van der Waals surface area contributed by atoms with Gasteiger partial charge in [-0.15, -0.1) is 0 Å². The van der Waals surface area contributed by atoms with Crippen molar-refractivity contribution in [3.63, 3.8) is 0 Å². The first kappa shape index (κ1) is 16.0. The number of aliphatic hydroxyl groups excluding tert-OH is 1. The van der Waals surface area contributed by atoms with E-state index in [0.29, 0.717) is 11.8 Å². The summed E-state index contributed by atoms with van der Waals surface area (Å²) in [5, 5.41) is 19.5. The molecular weight excluding hydrogens is 290 g/mol. The van der Waals surface area contributed by atoms with Crippen molar-refractivity contribution in [3.05, 3.63) is 48.0 Å².